The number of piperidine rings is 1. The van der Waals surface area contributed by atoms with Gasteiger partial charge in [0.2, 0.25) is 15.9 Å². The first kappa shape index (κ1) is 24.4. The highest BCUT2D eigenvalue weighted by atomic mass is 32.2. The predicted molar refractivity (Wildman–Crippen MR) is 112 cm³/mol. The molecule has 1 aromatic rings. The lowest BCUT2D eigenvalue weighted by atomic mass is 9.96. The third kappa shape index (κ3) is 5.55. The molecule has 2 aliphatic heterocycles. The fourth-order valence-corrected chi connectivity index (χ4v) is 5.40. The predicted octanol–water partition coefficient (Wildman–Crippen LogP) is 2.44. The second-order valence-electron chi connectivity index (χ2n) is 9.05. The van der Waals surface area contributed by atoms with Gasteiger partial charge in [0.15, 0.2) is 0 Å². The Morgan fingerprint density at radius 2 is 1.53 bits per heavy atom. The smallest absolute Gasteiger partial charge is 0.410 e. The van der Waals surface area contributed by atoms with Crippen molar-refractivity contribution in [1.29, 1.82) is 0 Å². The molecule has 0 radical (unpaired) electrons. The Balaban J connectivity index is 1.54. The van der Waals surface area contributed by atoms with Gasteiger partial charge in [0, 0.05) is 45.2 Å². The van der Waals surface area contributed by atoms with Gasteiger partial charge in [0.1, 0.15) is 22.1 Å². The molecule has 2 heterocycles. The van der Waals surface area contributed by atoms with Crippen LogP contribution < -0.4 is 0 Å². The summed E-state index contributed by atoms with van der Waals surface area (Å²) in [6.45, 7) is 6.97. The van der Waals surface area contributed by atoms with Gasteiger partial charge >= 0.3 is 6.09 Å². The van der Waals surface area contributed by atoms with Gasteiger partial charge in [0.25, 0.3) is 0 Å². The number of halogens is 2. The number of sulfonamides is 1. The van der Waals surface area contributed by atoms with Crippen molar-refractivity contribution in [2.75, 3.05) is 39.3 Å². The maximum absolute atomic E-state index is 14.0. The van der Waals surface area contributed by atoms with E-state index >= 15 is 0 Å². The van der Waals surface area contributed by atoms with E-state index in [4.69, 9.17) is 4.74 Å². The summed E-state index contributed by atoms with van der Waals surface area (Å²) in [6.07, 6.45) is 0.176. The van der Waals surface area contributed by atoms with Crippen molar-refractivity contribution >= 4 is 22.0 Å². The minimum atomic E-state index is -4.19. The molecule has 0 saturated carbocycles. The lowest BCUT2D eigenvalue weighted by molar-refractivity contribution is -0.138. The average molecular weight is 474 g/mol. The van der Waals surface area contributed by atoms with Crippen LogP contribution in [0.1, 0.15) is 33.6 Å². The maximum Gasteiger partial charge on any atom is 0.410 e. The fraction of sp³-hybridized carbons (Fsp3) is 0.619. The highest BCUT2D eigenvalue weighted by molar-refractivity contribution is 7.89. The number of piperazine rings is 1. The van der Waals surface area contributed by atoms with E-state index in [9.17, 15) is 26.8 Å². The van der Waals surface area contributed by atoms with Crippen LogP contribution in [-0.4, -0.2) is 79.4 Å². The number of carbonyl (C=O) groups is 2. The van der Waals surface area contributed by atoms with Crippen LogP contribution in [0.2, 0.25) is 0 Å². The first-order chi connectivity index (χ1) is 14.9. The minimum Gasteiger partial charge on any atom is -0.444 e. The molecule has 0 unspecified atom stereocenters. The van der Waals surface area contributed by atoms with Gasteiger partial charge < -0.3 is 14.5 Å². The van der Waals surface area contributed by atoms with Crippen molar-refractivity contribution < 1.29 is 31.5 Å². The summed E-state index contributed by atoms with van der Waals surface area (Å²) in [6, 6.07) is 2.32. The molecule has 2 amide bonds. The van der Waals surface area contributed by atoms with E-state index in [2.05, 4.69) is 0 Å². The van der Waals surface area contributed by atoms with Gasteiger partial charge in [-0.05, 0) is 51.8 Å². The quantitative estimate of drug-likeness (QED) is 0.673. The van der Waals surface area contributed by atoms with Crippen molar-refractivity contribution in [2.45, 2.75) is 44.1 Å². The molecule has 0 spiro atoms. The molecule has 0 N–H and O–H groups in total. The summed E-state index contributed by atoms with van der Waals surface area (Å²) in [5, 5.41) is 0. The summed E-state index contributed by atoms with van der Waals surface area (Å²) in [5.74, 6) is -2.28. The molecule has 0 atom stereocenters. The monoisotopic (exact) mass is 473 g/mol. The summed E-state index contributed by atoms with van der Waals surface area (Å²) in [5.41, 5.74) is -0.590. The Bertz CT molecular complexity index is 964. The Labute approximate surface area is 187 Å². The molecule has 8 nitrogen and oxygen atoms in total. The second-order valence-corrected chi connectivity index (χ2v) is 11.0. The van der Waals surface area contributed by atoms with E-state index in [1.165, 1.54) is 0 Å². The zero-order valence-electron chi connectivity index (χ0n) is 18.5. The van der Waals surface area contributed by atoms with Crippen molar-refractivity contribution in [3.63, 3.8) is 0 Å². The van der Waals surface area contributed by atoms with Crippen LogP contribution in [0.25, 0.3) is 0 Å². The number of ether oxygens (including phenoxy) is 1. The van der Waals surface area contributed by atoms with Crippen molar-refractivity contribution in [3.8, 4) is 0 Å². The van der Waals surface area contributed by atoms with Crippen LogP contribution in [0, 0.1) is 17.6 Å². The number of rotatable bonds is 3. The lowest BCUT2D eigenvalue weighted by Gasteiger charge is -2.38. The van der Waals surface area contributed by atoms with Crippen LogP contribution in [0.15, 0.2) is 23.1 Å². The highest BCUT2D eigenvalue weighted by Crippen LogP contribution is 2.27. The van der Waals surface area contributed by atoms with Crippen molar-refractivity contribution in [3.05, 3.63) is 29.8 Å². The normalized spacial score (nSPS) is 19.2. The van der Waals surface area contributed by atoms with E-state index in [1.807, 2.05) is 0 Å². The number of carbonyl (C=O) groups excluding carboxylic acids is 2. The van der Waals surface area contributed by atoms with Gasteiger partial charge in [0.05, 0.1) is 0 Å². The zero-order valence-corrected chi connectivity index (χ0v) is 19.3. The third-order valence-corrected chi connectivity index (χ3v) is 7.47. The van der Waals surface area contributed by atoms with Gasteiger partial charge in [-0.2, -0.15) is 4.31 Å². The standard InChI is InChI=1S/C21H29F2N3O5S/c1-21(2,3)31-20(28)25-12-10-24(11-13-25)19(27)15-6-8-26(9-7-15)32(29,30)18-14-16(22)4-5-17(18)23/h4-5,14-15H,6-13H2,1-3H3. The summed E-state index contributed by atoms with van der Waals surface area (Å²) in [7, 11) is -4.19. The molecule has 0 aliphatic carbocycles. The Morgan fingerprint density at radius 1 is 0.969 bits per heavy atom. The summed E-state index contributed by atoms with van der Waals surface area (Å²) in [4.78, 5) is 27.6. The van der Waals surface area contributed by atoms with E-state index in [1.54, 1.807) is 30.6 Å². The molecular formula is C21H29F2N3O5S. The lowest BCUT2D eigenvalue weighted by Crippen LogP contribution is -2.53. The molecule has 178 valence electrons. The molecule has 1 aromatic carbocycles. The SMILES string of the molecule is CC(C)(C)OC(=O)N1CCN(C(=O)C2CCN(S(=O)(=O)c3cc(F)ccc3F)CC2)CC1. The Morgan fingerprint density at radius 3 is 2.09 bits per heavy atom. The molecule has 0 bridgehead atoms. The number of amides is 2. The van der Waals surface area contributed by atoms with Gasteiger partial charge in [-0.1, -0.05) is 0 Å². The number of hydrogen-bond acceptors (Lipinski definition) is 5. The first-order valence-electron chi connectivity index (χ1n) is 10.6. The van der Waals surface area contributed by atoms with E-state index in [-0.39, 0.29) is 24.9 Å². The van der Waals surface area contributed by atoms with Crippen LogP contribution in [0.5, 0.6) is 0 Å². The average Bonchev–Trinajstić information content (AvgIpc) is 2.74. The van der Waals surface area contributed by atoms with Crippen LogP contribution in [0.3, 0.4) is 0 Å². The Hall–Kier alpha value is -2.27. The summed E-state index contributed by atoms with van der Waals surface area (Å²) >= 11 is 0. The molecule has 11 heteroatoms. The van der Waals surface area contributed by atoms with Gasteiger partial charge in [-0.25, -0.2) is 22.0 Å². The molecule has 2 fully saturated rings. The van der Waals surface area contributed by atoms with Crippen LogP contribution >= 0.6 is 0 Å². The second kappa shape index (κ2) is 9.30. The van der Waals surface area contributed by atoms with E-state index < -0.39 is 38.2 Å². The van der Waals surface area contributed by atoms with E-state index in [0.717, 1.165) is 16.4 Å². The largest absolute Gasteiger partial charge is 0.444 e. The number of benzene rings is 1. The van der Waals surface area contributed by atoms with Crippen molar-refractivity contribution in [1.82, 2.24) is 14.1 Å². The zero-order chi connectivity index (χ0) is 23.7. The minimum absolute atomic E-state index is 0.0482. The molecule has 2 saturated heterocycles. The topological polar surface area (TPSA) is 87.2 Å². The van der Waals surface area contributed by atoms with E-state index in [0.29, 0.717) is 45.1 Å². The number of nitrogens with zero attached hydrogens (tertiary/aromatic N) is 3. The molecule has 3 rings (SSSR count). The fourth-order valence-electron chi connectivity index (χ4n) is 3.85. The summed E-state index contributed by atoms with van der Waals surface area (Å²) < 4.78 is 59.3. The third-order valence-electron chi connectivity index (χ3n) is 5.56. The van der Waals surface area contributed by atoms with Crippen LogP contribution in [-0.2, 0) is 19.6 Å². The maximum atomic E-state index is 14.0. The first-order valence-corrected chi connectivity index (χ1v) is 12.0. The molecular weight excluding hydrogens is 444 g/mol. The highest BCUT2D eigenvalue weighted by Gasteiger charge is 2.36. The van der Waals surface area contributed by atoms with Crippen molar-refractivity contribution in [2.24, 2.45) is 5.92 Å². The molecule has 32 heavy (non-hydrogen) atoms. The van der Waals surface area contributed by atoms with Crippen LogP contribution in [0.4, 0.5) is 13.6 Å². The molecule has 0 aromatic heterocycles. The van der Waals surface area contributed by atoms with Gasteiger partial charge in [-0.15, -0.1) is 0 Å². The number of hydrogen-bond donors (Lipinski definition) is 0. The van der Waals surface area contributed by atoms with Gasteiger partial charge in [-0.3, -0.25) is 4.79 Å². The molecule has 2 aliphatic rings. The Kier molecular flexibility index (Phi) is 7.09.